The van der Waals surface area contributed by atoms with Crippen molar-refractivity contribution < 1.29 is 9.21 Å². The van der Waals surface area contributed by atoms with Crippen LogP contribution in [0.15, 0.2) is 59.0 Å². The molecule has 0 spiro atoms. The fourth-order valence-corrected chi connectivity index (χ4v) is 4.28. The van der Waals surface area contributed by atoms with Crippen LogP contribution in [0.2, 0.25) is 5.02 Å². The van der Waals surface area contributed by atoms with Crippen LogP contribution in [-0.4, -0.2) is 18.5 Å². The first kappa shape index (κ1) is 18.1. The first-order valence-electron chi connectivity index (χ1n) is 9.35. The number of nitrogens with one attached hydrogen (secondary N) is 1. The van der Waals surface area contributed by atoms with E-state index in [-0.39, 0.29) is 17.4 Å². The summed E-state index contributed by atoms with van der Waals surface area (Å²) in [6.45, 7) is 0.581. The summed E-state index contributed by atoms with van der Waals surface area (Å²) in [5, 5.41) is 4.80. The zero-order valence-corrected chi connectivity index (χ0v) is 15.8. The van der Waals surface area contributed by atoms with E-state index in [9.17, 15) is 4.79 Å². The first-order chi connectivity index (χ1) is 13.1. The second kappa shape index (κ2) is 7.37. The van der Waals surface area contributed by atoms with Gasteiger partial charge in [0.1, 0.15) is 5.58 Å². The Morgan fingerprint density at radius 2 is 1.93 bits per heavy atom. The molecule has 3 aromatic rings. The number of fused-ring (bicyclic) bond motifs is 1. The van der Waals surface area contributed by atoms with Crippen LogP contribution < -0.4 is 11.1 Å². The van der Waals surface area contributed by atoms with E-state index < -0.39 is 0 Å². The monoisotopic (exact) mass is 382 g/mol. The third-order valence-electron chi connectivity index (χ3n) is 5.75. The van der Waals surface area contributed by atoms with Gasteiger partial charge in [-0.2, -0.15) is 0 Å². The molecule has 0 bridgehead atoms. The lowest BCUT2D eigenvalue weighted by molar-refractivity contribution is 0.0892. The molecule has 140 valence electrons. The van der Waals surface area contributed by atoms with Crippen molar-refractivity contribution in [2.45, 2.75) is 37.1 Å². The first-order valence-corrected chi connectivity index (χ1v) is 9.73. The number of amides is 1. The number of carbonyl (C=O) groups is 1. The van der Waals surface area contributed by atoms with E-state index in [4.69, 9.17) is 21.8 Å². The van der Waals surface area contributed by atoms with Gasteiger partial charge in [-0.05, 0) is 55.5 Å². The molecule has 3 N–H and O–H groups in total. The van der Waals surface area contributed by atoms with Crippen molar-refractivity contribution in [1.82, 2.24) is 5.32 Å². The highest BCUT2D eigenvalue weighted by molar-refractivity contribution is 6.30. The van der Waals surface area contributed by atoms with Crippen LogP contribution in [0.25, 0.3) is 11.0 Å². The van der Waals surface area contributed by atoms with Crippen molar-refractivity contribution in [3.8, 4) is 0 Å². The van der Waals surface area contributed by atoms with Gasteiger partial charge in [-0.25, -0.2) is 0 Å². The summed E-state index contributed by atoms with van der Waals surface area (Å²) in [5.41, 5.74) is 8.02. The van der Waals surface area contributed by atoms with Crippen LogP contribution in [0.3, 0.4) is 0 Å². The van der Waals surface area contributed by atoms with Gasteiger partial charge in [0.05, 0.1) is 0 Å². The Kier molecular flexibility index (Phi) is 4.94. The van der Waals surface area contributed by atoms with Crippen LogP contribution in [0.4, 0.5) is 0 Å². The molecule has 1 saturated carbocycles. The molecule has 0 unspecified atom stereocenters. The van der Waals surface area contributed by atoms with E-state index in [2.05, 4.69) is 11.4 Å². The topological polar surface area (TPSA) is 68.3 Å². The number of hydrogen-bond acceptors (Lipinski definition) is 3. The smallest absolute Gasteiger partial charge is 0.287 e. The number of carbonyl (C=O) groups excluding carboxylic acids is 1. The normalized spacial score (nSPS) is 22.7. The number of halogens is 1. The molecular weight excluding hydrogens is 360 g/mol. The maximum absolute atomic E-state index is 12.6. The summed E-state index contributed by atoms with van der Waals surface area (Å²) in [4.78, 5) is 12.6. The van der Waals surface area contributed by atoms with Gasteiger partial charge in [0.25, 0.3) is 5.91 Å². The molecule has 27 heavy (non-hydrogen) atoms. The molecule has 1 heterocycles. The second-order valence-corrected chi connectivity index (χ2v) is 7.83. The number of rotatable bonds is 4. The van der Waals surface area contributed by atoms with E-state index in [0.29, 0.717) is 12.3 Å². The van der Waals surface area contributed by atoms with Crippen molar-refractivity contribution >= 4 is 28.5 Å². The maximum Gasteiger partial charge on any atom is 0.287 e. The Bertz CT molecular complexity index is 925. The molecular formula is C22H23ClN2O2. The van der Waals surface area contributed by atoms with Gasteiger partial charge in [0.2, 0.25) is 0 Å². The molecule has 1 fully saturated rings. The third-order valence-corrected chi connectivity index (χ3v) is 5.99. The molecule has 0 radical (unpaired) electrons. The highest BCUT2D eigenvalue weighted by atomic mass is 35.5. The zero-order valence-electron chi connectivity index (χ0n) is 15.1. The van der Waals surface area contributed by atoms with Crippen LogP contribution in [0, 0.1) is 0 Å². The molecule has 4 rings (SSSR count). The van der Waals surface area contributed by atoms with Crippen LogP contribution >= 0.6 is 11.6 Å². The Labute approximate surface area is 163 Å². The van der Waals surface area contributed by atoms with Crippen molar-refractivity contribution in [3.63, 3.8) is 0 Å². The molecule has 1 aromatic heterocycles. The van der Waals surface area contributed by atoms with Gasteiger partial charge >= 0.3 is 0 Å². The van der Waals surface area contributed by atoms with E-state index in [1.807, 2.05) is 42.5 Å². The second-order valence-electron chi connectivity index (χ2n) is 7.39. The molecule has 0 saturated heterocycles. The summed E-state index contributed by atoms with van der Waals surface area (Å²) < 4.78 is 5.67. The average Bonchev–Trinajstić information content (AvgIpc) is 3.13. The van der Waals surface area contributed by atoms with Gasteiger partial charge in [-0.1, -0.05) is 41.9 Å². The van der Waals surface area contributed by atoms with E-state index in [1.165, 1.54) is 5.56 Å². The van der Waals surface area contributed by atoms with Crippen molar-refractivity contribution in [2.75, 3.05) is 6.54 Å². The summed E-state index contributed by atoms with van der Waals surface area (Å²) in [6, 6.07) is 17.5. The molecule has 5 heteroatoms. The SMILES string of the molecule is NCC1(c2cccc(Cl)c2)CCC(NC(=O)c2cc3ccccc3o2)CC1. The van der Waals surface area contributed by atoms with Crippen molar-refractivity contribution in [1.29, 1.82) is 0 Å². The van der Waals surface area contributed by atoms with Crippen LogP contribution in [0.1, 0.15) is 41.8 Å². The minimum Gasteiger partial charge on any atom is -0.451 e. The average molecular weight is 383 g/mol. The summed E-state index contributed by atoms with van der Waals surface area (Å²) in [5.74, 6) is 0.209. The van der Waals surface area contributed by atoms with Gasteiger partial charge in [0, 0.05) is 28.4 Å². The third kappa shape index (κ3) is 3.60. The lowest BCUT2D eigenvalue weighted by atomic mass is 9.68. The lowest BCUT2D eigenvalue weighted by Gasteiger charge is -2.40. The maximum atomic E-state index is 12.6. The van der Waals surface area contributed by atoms with Gasteiger partial charge in [-0.15, -0.1) is 0 Å². The van der Waals surface area contributed by atoms with Gasteiger partial charge < -0.3 is 15.5 Å². The summed E-state index contributed by atoms with van der Waals surface area (Å²) >= 11 is 6.17. The van der Waals surface area contributed by atoms with Gasteiger partial charge in [-0.3, -0.25) is 4.79 Å². The highest BCUT2D eigenvalue weighted by Gasteiger charge is 2.36. The molecule has 1 aliphatic carbocycles. The fourth-order valence-electron chi connectivity index (χ4n) is 4.09. The predicted octanol–water partition coefficient (Wildman–Crippen LogP) is 4.66. The van der Waals surface area contributed by atoms with Crippen molar-refractivity contribution in [2.24, 2.45) is 5.73 Å². The van der Waals surface area contributed by atoms with E-state index in [1.54, 1.807) is 6.07 Å². The minimum absolute atomic E-state index is 0.0640. The lowest BCUT2D eigenvalue weighted by Crippen LogP contribution is -2.45. The molecule has 0 aliphatic heterocycles. The summed E-state index contributed by atoms with van der Waals surface area (Å²) in [7, 11) is 0. The van der Waals surface area contributed by atoms with Crippen LogP contribution in [0.5, 0.6) is 0 Å². The van der Waals surface area contributed by atoms with E-state index >= 15 is 0 Å². The Balaban J connectivity index is 1.43. The molecule has 4 nitrogen and oxygen atoms in total. The Hall–Kier alpha value is -2.30. The summed E-state index contributed by atoms with van der Waals surface area (Å²) in [6.07, 6.45) is 3.62. The zero-order chi connectivity index (χ0) is 18.9. The van der Waals surface area contributed by atoms with E-state index in [0.717, 1.165) is 41.7 Å². The quantitative estimate of drug-likeness (QED) is 0.689. The number of para-hydroxylation sites is 1. The predicted molar refractivity (Wildman–Crippen MR) is 108 cm³/mol. The molecule has 1 amide bonds. The molecule has 2 aromatic carbocycles. The standard InChI is InChI=1S/C22H23ClN2O2/c23-17-6-3-5-16(13-17)22(14-24)10-8-18(9-11-22)25-21(26)20-12-15-4-1-2-7-19(15)27-20/h1-7,12-13,18H,8-11,14,24H2,(H,25,26). The largest absolute Gasteiger partial charge is 0.451 e. The van der Waals surface area contributed by atoms with Gasteiger partial charge in [0.15, 0.2) is 5.76 Å². The highest BCUT2D eigenvalue weighted by Crippen LogP contribution is 2.39. The van der Waals surface area contributed by atoms with Crippen LogP contribution in [-0.2, 0) is 5.41 Å². The Morgan fingerprint density at radius 1 is 1.15 bits per heavy atom. The minimum atomic E-state index is -0.154. The Morgan fingerprint density at radius 3 is 2.63 bits per heavy atom. The fraction of sp³-hybridized carbons (Fsp3) is 0.318. The molecule has 1 aliphatic rings. The molecule has 0 atom stereocenters. The number of benzene rings is 2. The number of hydrogen-bond donors (Lipinski definition) is 2. The number of nitrogens with two attached hydrogens (primary N) is 1. The number of furan rings is 1. The van der Waals surface area contributed by atoms with Crippen molar-refractivity contribution in [3.05, 3.63) is 70.9 Å².